The number of aromatic nitrogens is 1. The molecule has 5 nitrogen and oxygen atoms in total. The highest BCUT2D eigenvalue weighted by Crippen LogP contribution is 2.32. The number of hydrogen-bond acceptors (Lipinski definition) is 4. The van der Waals surface area contributed by atoms with Crippen molar-refractivity contribution in [2.24, 2.45) is 5.92 Å². The van der Waals surface area contributed by atoms with E-state index < -0.39 is 17.9 Å². The van der Waals surface area contributed by atoms with Crippen molar-refractivity contribution >= 4 is 23.2 Å². The molecule has 1 aliphatic carbocycles. The normalized spacial score (nSPS) is 17.1. The quantitative estimate of drug-likeness (QED) is 0.793. The van der Waals surface area contributed by atoms with Crippen molar-refractivity contribution in [2.75, 3.05) is 0 Å². The summed E-state index contributed by atoms with van der Waals surface area (Å²) in [7, 11) is 0. The number of hydrogen-bond donors (Lipinski definition) is 2. The van der Waals surface area contributed by atoms with Crippen LogP contribution < -0.4 is 5.32 Å². The highest BCUT2D eigenvalue weighted by Gasteiger charge is 2.37. The van der Waals surface area contributed by atoms with Crippen LogP contribution >= 0.6 is 11.3 Å². The first kappa shape index (κ1) is 10.1. The number of carbonyl (C=O) groups excluding carboxylic acids is 1. The molecule has 1 fully saturated rings. The summed E-state index contributed by atoms with van der Waals surface area (Å²) >= 11 is 1.31. The van der Waals surface area contributed by atoms with E-state index in [2.05, 4.69) is 10.3 Å². The lowest BCUT2D eigenvalue weighted by molar-refractivity contribution is -0.139. The average Bonchev–Trinajstić information content (AvgIpc) is 2.87. The van der Waals surface area contributed by atoms with Crippen molar-refractivity contribution in [1.82, 2.24) is 10.3 Å². The Balaban J connectivity index is 2.00. The molecule has 1 amide bonds. The molecule has 2 N–H and O–H groups in total. The molecule has 1 aliphatic rings. The third-order valence-corrected chi connectivity index (χ3v) is 2.90. The standard InChI is InChI=1S/C9H10N2O3S/c12-8(6-3-15-4-10-6)11-7(9(13)14)5-1-2-5/h3-5,7H,1-2H2,(H,11,12)(H,13,14). The van der Waals surface area contributed by atoms with Crippen LogP contribution in [-0.4, -0.2) is 28.0 Å². The van der Waals surface area contributed by atoms with E-state index in [-0.39, 0.29) is 11.6 Å². The average molecular weight is 226 g/mol. The minimum Gasteiger partial charge on any atom is -0.480 e. The summed E-state index contributed by atoms with van der Waals surface area (Å²) in [5.74, 6) is -1.29. The first-order valence-corrected chi connectivity index (χ1v) is 5.54. The first-order chi connectivity index (χ1) is 7.18. The fourth-order valence-electron chi connectivity index (χ4n) is 1.35. The predicted octanol–water partition coefficient (Wildman–Crippen LogP) is 0.736. The molecule has 15 heavy (non-hydrogen) atoms. The molecule has 2 rings (SSSR count). The summed E-state index contributed by atoms with van der Waals surface area (Å²) in [6.45, 7) is 0. The Hall–Kier alpha value is -1.43. The summed E-state index contributed by atoms with van der Waals surface area (Å²) < 4.78 is 0. The summed E-state index contributed by atoms with van der Waals surface area (Å²) in [4.78, 5) is 26.2. The third kappa shape index (κ3) is 2.33. The molecule has 1 atom stereocenters. The number of aliphatic carboxylic acids is 1. The van der Waals surface area contributed by atoms with Crippen molar-refractivity contribution < 1.29 is 14.7 Å². The molecule has 0 bridgehead atoms. The topological polar surface area (TPSA) is 79.3 Å². The van der Waals surface area contributed by atoms with Crippen LogP contribution in [0.1, 0.15) is 23.3 Å². The van der Waals surface area contributed by atoms with Crippen LogP contribution in [0.3, 0.4) is 0 Å². The van der Waals surface area contributed by atoms with E-state index in [1.807, 2.05) is 0 Å². The van der Waals surface area contributed by atoms with E-state index in [9.17, 15) is 9.59 Å². The van der Waals surface area contributed by atoms with Crippen molar-refractivity contribution in [3.8, 4) is 0 Å². The Morgan fingerprint density at radius 1 is 1.60 bits per heavy atom. The predicted molar refractivity (Wildman–Crippen MR) is 53.7 cm³/mol. The Morgan fingerprint density at radius 3 is 2.80 bits per heavy atom. The molecule has 1 aromatic rings. The Kier molecular flexibility index (Phi) is 2.68. The van der Waals surface area contributed by atoms with Gasteiger partial charge in [0, 0.05) is 5.38 Å². The van der Waals surface area contributed by atoms with Crippen LogP contribution in [0, 0.1) is 5.92 Å². The number of rotatable bonds is 4. The van der Waals surface area contributed by atoms with Gasteiger partial charge < -0.3 is 10.4 Å². The maximum Gasteiger partial charge on any atom is 0.326 e. The van der Waals surface area contributed by atoms with E-state index >= 15 is 0 Å². The molecule has 0 spiro atoms. The Labute approximate surface area is 90.1 Å². The fraction of sp³-hybridized carbons (Fsp3) is 0.444. The van der Waals surface area contributed by atoms with Gasteiger partial charge in [0.05, 0.1) is 5.51 Å². The van der Waals surface area contributed by atoms with Gasteiger partial charge in [0.25, 0.3) is 5.91 Å². The minimum absolute atomic E-state index is 0.0880. The van der Waals surface area contributed by atoms with Gasteiger partial charge in [-0.25, -0.2) is 9.78 Å². The van der Waals surface area contributed by atoms with Crippen LogP contribution in [0.4, 0.5) is 0 Å². The largest absolute Gasteiger partial charge is 0.480 e. The highest BCUT2D eigenvalue weighted by atomic mass is 32.1. The zero-order valence-electron chi connectivity index (χ0n) is 7.84. The minimum atomic E-state index is -0.971. The summed E-state index contributed by atoms with van der Waals surface area (Å²) in [5.41, 5.74) is 1.83. The Morgan fingerprint density at radius 2 is 2.33 bits per heavy atom. The van der Waals surface area contributed by atoms with Crippen molar-refractivity contribution in [3.05, 3.63) is 16.6 Å². The lowest BCUT2D eigenvalue weighted by Gasteiger charge is -2.11. The monoisotopic (exact) mass is 226 g/mol. The van der Waals surface area contributed by atoms with Crippen molar-refractivity contribution in [2.45, 2.75) is 18.9 Å². The van der Waals surface area contributed by atoms with E-state index in [1.165, 1.54) is 11.3 Å². The summed E-state index contributed by atoms with van der Waals surface area (Å²) in [5, 5.41) is 13.0. The second kappa shape index (κ2) is 3.98. The number of amides is 1. The second-order valence-electron chi connectivity index (χ2n) is 3.50. The molecule has 0 aliphatic heterocycles. The molecule has 1 aromatic heterocycles. The Bertz CT molecular complexity index is 373. The van der Waals surface area contributed by atoms with Gasteiger partial charge in [-0.1, -0.05) is 0 Å². The lowest BCUT2D eigenvalue weighted by Crippen LogP contribution is -2.42. The van der Waals surface area contributed by atoms with E-state index in [1.54, 1.807) is 10.9 Å². The zero-order valence-corrected chi connectivity index (χ0v) is 8.66. The number of thiazole rings is 1. The number of carboxylic acids is 1. The van der Waals surface area contributed by atoms with Crippen LogP contribution in [0.15, 0.2) is 10.9 Å². The molecule has 80 valence electrons. The second-order valence-corrected chi connectivity index (χ2v) is 4.22. The van der Waals surface area contributed by atoms with Gasteiger partial charge in [-0.05, 0) is 18.8 Å². The van der Waals surface area contributed by atoms with Gasteiger partial charge in [0.15, 0.2) is 0 Å². The number of carboxylic acid groups (broad SMARTS) is 1. The lowest BCUT2D eigenvalue weighted by atomic mass is 10.2. The molecule has 1 heterocycles. The smallest absolute Gasteiger partial charge is 0.326 e. The molecular formula is C9H10N2O3S. The van der Waals surface area contributed by atoms with Gasteiger partial charge in [-0.3, -0.25) is 4.79 Å². The maximum atomic E-state index is 11.5. The molecule has 0 aromatic carbocycles. The summed E-state index contributed by atoms with van der Waals surface area (Å²) in [6.07, 6.45) is 1.74. The number of nitrogens with one attached hydrogen (secondary N) is 1. The van der Waals surface area contributed by atoms with Crippen molar-refractivity contribution in [3.63, 3.8) is 0 Å². The third-order valence-electron chi connectivity index (χ3n) is 2.31. The van der Waals surface area contributed by atoms with Gasteiger partial charge in [0.1, 0.15) is 11.7 Å². The van der Waals surface area contributed by atoms with E-state index in [0.29, 0.717) is 0 Å². The van der Waals surface area contributed by atoms with Crippen LogP contribution in [-0.2, 0) is 4.79 Å². The van der Waals surface area contributed by atoms with Gasteiger partial charge in [-0.2, -0.15) is 0 Å². The SMILES string of the molecule is O=C(NC(C(=O)O)C1CC1)c1cscn1. The van der Waals surface area contributed by atoms with Crippen LogP contribution in [0.2, 0.25) is 0 Å². The van der Waals surface area contributed by atoms with Crippen LogP contribution in [0.5, 0.6) is 0 Å². The first-order valence-electron chi connectivity index (χ1n) is 4.60. The zero-order chi connectivity index (χ0) is 10.8. The molecule has 1 saturated carbocycles. The van der Waals surface area contributed by atoms with E-state index in [4.69, 9.17) is 5.11 Å². The molecule has 6 heteroatoms. The maximum absolute atomic E-state index is 11.5. The number of carbonyl (C=O) groups is 2. The fourth-order valence-corrected chi connectivity index (χ4v) is 1.88. The van der Waals surface area contributed by atoms with Crippen molar-refractivity contribution in [1.29, 1.82) is 0 Å². The molecular weight excluding hydrogens is 216 g/mol. The molecule has 1 unspecified atom stereocenters. The number of nitrogens with zero attached hydrogens (tertiary/aromatic N) is 1. The van der Waals surface area contributed by atoms with E-state index in [0.717, 1.165) is 12.8 Å². The molecule has 0 saturated heterocycles. The van der Waals surface area contributed by atoms with Gasteiger partial charge in [0.2, 0.25) is 0 Å². The highest BCUT2D eigenvalue weighted by molar-refractivity contribution is 7.07. The van der Waals surface area contributed by atoms with Gasteiger partial charge >= 0.3 is 5.97 Å². The van der Waals surface area contributed by atoms with Gasteiger partial charge in [-0.15, -0.1) is 11.3 Å². The molecule has 0 radical (unpaired) electrons. The summed E-state index contributed by atoms with van der Waals surface area (Å²) in [6, 6.07) is -0.765. The van der Waals surface area contributed by atoms with Crippen LogP contribution in [0.25, 0.3) is 0 Å².